The number of anilines is 1. The van der Waals surface area contributed by atoms with Crippen LogP contribution < -0.4 is 11.1 Å². The highest BCUT2D eigenvalue weighted by Gasteiger charge is 2.09. The molecule has 3 N–H and O–H groups in total. The van der Waals surface area contributed by atoms with E-state index in [9.17, 15) is 9.00 Å². The summed E-state index contributed by atoms with van der Waals surface area (Å²) in [5.41, 5.74) is 6.78. The van der Waals surface area contributed by atoms with Gasteiger partial charge in [-0.25, -0.2) is 0 Å². The average Bonchev–Trinajstić information content (AvgIpc) is 2.29. The molecule has 6 heteroatoms. The summed E-state index contributed by atoms with van der Waals surface area (Å²) in [7, 11) is -0.819. The van der Waals surface area contributed by atoms with Gasteiger partial charge in [0.15, 0.2) is 0 Å². The molecule has 1 aromatic heterocycles. The van der Waals surface area contributed by atoms with Crippen molar-refractivity contribution in [1.29, 1.82) is 0 Å². The zero-order valence-corrected chi connectivity index (χ0v) is 11.5. The maximum atomic E-state index is 11.7. The number of nitrogens with two attached hydrogens (primary N) is 1. The molecule has 1 aromatic rings. The molecule has 1 amide bonds. The van der Waals surface area contributed by atoms with Crippen molar-refractivity contribution in [3.63, 3.8) is 0 Å². The minimum atomic E-state index is -0.819. The Labute approximate surface area is 110 Å². The fourth-order valence-corrected chi connectivity index (χ4v) is 2.13. The Morgan fingerprint density at radius 1 is 1.56 bits per heavy atom. The highest BCUT2D eigenvalue weighted by atomic mass is 32.2. The molecule has 0 aliphatic rings. The number of rotatable bonds is 6. The lowest BCUT2D eigenvalue weighted by atomic mass is 10.2. The van der Waals surface area contributed by atoms with Crippen molar-refractivity contribution in [3.05, 3.63) is 24.0 Å². The average molecular weight is 269 g/mol. The van der Waals surface area contributed by atoms with E-state index in [0.29, 0.717) is 23.6 Å². The third kappa shape index (κ3) is 5.77. The highest BCUT2D eigenvalue weighted by molar-refractivity contribution is 7.84. The van der Waals surface area contributed by atoms with Gasteiger partial charge in [-0.15, -0.1) is 0 Å². The van der Waals surface area contributed by atoms with Gasteiger partial charge in [-0.2, -0.15) is 0 Å². The molecule has 0 aliphatic carbocycles. The number of hydrogen-bond acceptors (Lipinski definition) is 4. The van der Waals surface area contributed by atoms with Crippen molar-refractivity contribution in [2.75, 3.05) is 17.7 Å². The van der Waals surface area contributed by atoms with E-state index in [4.69, 9.17) is 5.73 Å². The summed E-state index contributed by atoms with van der Waals surface area (Å²) in [6.45, 7) is 1.90. The third-order valence-electron chi connectivity index (χ3n) is 2.43. The fraction of sp³-hybridized carbons (Fsp3) is 0.500. The van der Waals surface area contributed by atoms with Crippen LogP contribution >= 0.6 is 0 Å². The van der Waals surface area contributed by atoms with E-state index in [1.807, 2.05) is 6.92 Å². The molecule has 0 saturated carbocycles. The maximum absolute atomic E-state index is 11.7. The van der Waals surface area contributed by atoms with E-state index in [2.05, 4.69) is 10.3 Å². The number of aromatic nitrogens is 1. The van der Waals surface area contributed by atoms with Gasteiger partial charge in [0, 0.05) is 34.5 Å². The maximum Gasteiger partial charge on any atom is 0.226 e. The first-order valence-electron chi connectivity index (χ1n) is 5.77. The Morgan fingerprint density at radius 2 is 2.28 bits per heavy atom. The number of pyridine rings is 1. The lowest BCUT2D eigenvalue weighted by Crippen LogP contribution is -2.34. The molecule has 0 radical (unpaired) electrons. The Kier molecular flexibility index (Phi) is 5.77. The SMILES string of the molecule is CC(CCS(C)=O)NC(=O)Cc1ccc(N)cn1. The van der Waals surface area contributed by atoms with Crippen LogP contribution in [0.5, 0.6) is 0 Å². The number of amides is 1. The molecular weight excluding hydrogens is 250 g/mol. The molecule has 0 bridgehead atoms. The first-order chi connectivity index (χ1) is 8.47. The van der Waals surface area contributed by atoms with Gasteiger partial charge >= 0.3 is 0 Å². The second-order valence-electron chi connectivity index (χ2n) is 4.29. The van der Waals surface area contributed by atoms with Crippen molar-refractivity contribution in [2.24, 2.45) is 0 Å². The molecule has 0 aromatic carbocycles. The summed E-state index contributed by atoms with van der Waals surface area (Å²) < 4.78 is 10.9. The fourth-order valence-electron chi connectivity index (χ4n) is 1.45. The molecular formula is C12H19N3O2S. The van der Waals surface area contributed by atoms with Gasteiger partial charge < -0.3 is 11.1 Å². The number of hydrogen-bond donors (Lipinski definition) is 2. The predicted octanol–water partition coefficient (Wildman–Crippen LogP) is 0.480. The van der Waals surface area contributed by atoms with Gasteiger partial charge in [0.2, 0.25) is 5.91 Å². The smallest absolute Gasteiger partial charge is 0.226 e. The van der Waals surface area contributed by atoms with Gasteiger partial charge in [0.25, 0.3) is 0 Å². The van der Waals surface area contributed by atoms with Crippen LogP contribution in [0.4, 0.5) is 5.69 Å². The van der Waals surface area contributed by atoms with Crippen molar-refractivity contribution in [1.82, 2.24) is 10.3 Å². The first kappa shape index (κ1) is 14.6. The molecule has 100 valence electrons. The number of nitrogens with zero attached hydrogens (tertiary/aromatic N) is 1. The largest absolute Gasteiger partial charge is 0.397 e. The number of carbonyl (C=O) groups is 1. The quantitative estimate of drug-likeness (QED) is 0.786. The van der Waals surface area contributed by atoms with Crippen LogP contribution in [-0.2, 0) is 22.0 Å². The van der Waals surface area contributed by atoms with E-state index in [1.54, 1.807) is 18.4 Å². The zero-order valence-electron chi connectivity index (χ0n) is 10.7. The highest BCUT2D eigenvalue weighted by Crippen LogP contribution is 2.02. The van der Waals surface area contributed by atoms with Crippen LogP contribution in [0, 0.1) is 0 Å². The van der Waals surface area contributed by atoms with Gasteiger partial charge in [0.05, 0.1) is 18.3 Å². The summed E-state index contributed by atoms with van der Waals surface area (Å²) in [6.07, 6.45) is 4.14. The molecule has 1 rings (SSSR count). The second kappa shape index (κ2) is 7.10. The Bertz CT molecular complexity index is 420. The lowest BCUT2D eigenvalue weighted by Gasteiger charge is -2.12. The van der Waals surface area contributed by atoms with Gasteiger partial charge in [-0.3, -0.25) is 14.0 Å². The van der Waals surface area contributed by atoms with Crippen molar-refractivity contribution in [2.45, 2.75) is 25.8 Å². The Morgan fingerprint density at radius 3 is 2.83 bits per heavy atom. The van der Waals surface area contributed by atoms with Crippen LogP contribution in [0.2, 0.25) is 0 Å². The summed E-state index contributed by atoms with van der Waals surface area (Å²) >= 11 is 0. The number of carbonyl (C=O) groups excluding carboxylic acids is 1. The molecule has 0 spiro atoms. The third-order valence-corrected chi connectivity index (χ3v) is 3.25. The molecule has 5 nitrogen and oxygen atoms in total. The van der Waals surface area contributed by atoms with Crippen LogP contribution in [0.15, 0.2) is 18.3 Å². The zero-order chi connectivity index (χ0) is 13.5. The first-order valence-corrected chi connectivity index (χ1v) is 7.50. The minimum absolute atomic E-state index is 0.0233. The Balaban J connectivity index is 2.37. The van der Waals surface area contributed by atoms with Crippen LogP contribution in [0.25, 0.3) is 0 Å². The Hall–Kier alpha value is -1.43. The standard InChI is InChI=1S/C12H19N3O2S/c1-9(5-6-18(2)17)15-12(16)7-11-4-3-10(13)8-14-11/h3-4,8-9H,5-7,13H2,1-2H3,(H,15,16). The van der Waals surface area contributed by atoms with E-state index in [1.165, 1.54) is 6.20 Å². The molecule has 0 aliphatic heterocycles. The summed E-state index contributed by atoms with van der Waals surface area (Å²) in [6, 6.07) is 3.48. The summed E-state index contributed by atoms with van der Waals surface area (Å²) in [5, 5.41) is 2.85. The van der Waals surface area contributed by atoms with Gasteiger partial charge in [-0.1, -0.05) is 0 Å². The van der Waals surface area contributed by atoms with E-state index in [-0.39, 0.29) is 18.4 Å². The van der Waals surface area contributed by atoms with E-state index >= 15 is 0 Å². The van der Waals surface area contributed by atoms with Gasteiger partial charge in [-0.05, 0) is 25.5 Å². The van der Waals surface area contributed by atoms with Crippen LogP contribution in [0.1, 0.15) is 19.0 Å². The van der Waals surface area contributed by atoms with Crippen molar-refractivity contribution in [3.8, 4) is 0 Å². The van der Waals surface area contributed by atoms with E-state index in [0.717, 1.165) is 0 Å². The van der Waals surface area contributed by atoms with Crippen molar-refractivity contribution < 1.29 is 9.00 Å². The molecule has 0 fully saturated rings. The summed E-state index contributed by atoms with van der Waals surface area (Å²) in [4.78, 5) is 15.8. The summed E-state index contributed by atoms with van der Waals surface area (Å²) in [5.74, 6) is 0.517. The van der Waals surface area contributed by atoms with Crippen LogP contribution in [-0.4, -0.2) is 33.2 Å². The number of nitrogen functional groups attached to an aromatic ring is 1. The molecule has 1 heterocycles. The van der Waals surface area contributed by atoms with Crippen LogP contribution in [0.3, 0.4) is 0 Å². The van der Waals surface area contributed by atoms with Gasteiger partial charge in [0.1, 0.15) is 0 Å². The van der Waals surface area contributed by atoms with Crippen molar-refractivity contribution >= 4 is 22.4 Å². The minimum Gasteiger partial charge on any atom is -0.397 e. The monoisotopic (exact) mass is 269 g/mol. The molecule has 2 unspecified atom stereocenters. The van der Waals surface area contributed by atoms with E-state index < -0.39 is 10.8 Å². The number of nitrogens with one attached hydrogen (secondary N) is 1. The predicted molar refractivity (Wildman–Crippen MR) is 73.5 cm³/mol. The molecule has 0 saturated heterocycles. The second-order valence-corrected chi connectivity index (χ2v) is 5.85. The topological polar surface area (TPSA) is 85.1 Å². The normalized spacial score (nSPS) is 13.9. The lowest BCUT2D eigenvalue weighted by molar-refractivity contribution is -0.121. The molecule has 2 atom stereocenters. The molecule has 18 heavy (non-hydrogen) atoms.